The molecule has 0 bridgehead atoms. The van der Waals surface area contributed by atoms with Crippen molar-refractivity contribution in [1.82, 2.24) is 19.9 Å². The quantitative estimate of drug-likeness (QED) is 0.668. The van der Waals surface area contributed by atoms with Gasteiger partial charge in [-0.3, -0.25) is 9.59 Å². The van der Waals surface area contributed by atoms with E-state index >= 15 is 0 Å². The first-order valence-corrected chi connectivity index (χ1v) is 8.99. The number of rotatable bonds is 5. The van der Waals surface area contributed by atoms with Gasteiger partial charge < -0.3 is 21.5 Å². The molecule has 1 amide bonds. The normalized spacial score (nSPS) is 20.1. The van der Waals surface area contributed by atoms with E-state index in [9.17, 15) is 9.59 Å². The van der Waals surface area contributed by atoms with Crippen molar-refractivity contribution in [2.75, 3.05) is 12.3 Å². The lowest BCUT2D eigenvalue weighted by molar-refractivity contribution is -0.146. The summed E-state index contributed by atoms with van der Waals surface area (Å²) in [5, 5.41) is 7.66. The summed E-state index contributed by atoms with van der Waals surface area (Å²) in [6.45, 7) is 6.31. The van der Waals surface area contributed by atoms with Gasteiger partial charge in [-0.2, -0.15) is 5.10 Å². The maximum Gasteiger partial charge on any atom is 0.306 e. The summed E-state index contributed by atoms with van der Waals surface area (Å²) in [5.41, 5.74) is 12.8. The second kappa shape index (κ2) is 7.15. The summed E-state index contributed by atoms with van der Waals surface area (Å²) in [4.78, 5) is 27.6. The van der Waals surface area contributed by atoms with Crippen molar-refractivity contribution in [3.8, 4) is 0 Å². The number of primary amides is 1. The van der Waals surface area contributed by atoms with E-state index in [1.54, 1.807) is 10.6 Å². The van der Waals surface area contributed by atoms with Crippen LogP contribution >= 0.6 is 0 Å². The van der Waals surface area contributed by atoms with Crippen molar-refractivity contribution < 1.29 is 14.3 Å². The SMILES string of the molecule is CC(C)(C)CC(=O)OC[C@@H]1CC[C@H](c2cc(C(N)=O)c3c(N)ncnn23)N1. The molecule has 9 nitrogen and oxygen atoms in total. The minimum atomic E-state index is -0.578. The van der Waals surface area contributed by atoms with E-state index in [1.165, 1.54) is 6.33 Å². The van der Waals surface area contributed by atoms with E-state index in [4.69, 9.17) is 16.2 Å². The molecule has 0 aromatic carbocycles. The van der Waals surface area contributed by atoms with E-state index in [-0.39, 0.29) is 29.3 Å². The summed E-state index contributed by atoms with van der Waals surface area (Å²) in [5.74, 6) is -0.570. The lowest BCUT2D eigenvalue weighted by Crippen LogP contribution is -2.31. The summed E-state index contributed by atoms with van der Waals surface area (Å²) in [6.07, 6.45) is 3.38. The predicted molar refractivity (Wildman–Crippen MR) is 99.8 cm³/mol. The van der Waals surface area contributed by atoms with E-state index in [0.29, 0.717) is 24.1 Å². The molecule has 2 atom stereocenters. The van der Waals surface area contributed by atoms with Crippen LogP contribution in [0.2, 0.25) is 0 Å². The maximum atomic E-state index is 11.9. The molecule has 5 N–H and O–H groups in total. The number of ether oxygens (including phenoxy) is 1. The first-order chi connectivity index (χ1) is 12.7. The minimum absolute atomic E-state index is 0.0423. The van der Waals surface area contributed by atoms with Gasteiger partial charge in [-0.05, 0) is 24.3 Å². The van der Waals surface area contributed by atoms with Crippen molar-refractivity contribution in [2.24, 2.45) is 11.1 Å². The molecule has 1 aliphatic rings. The molecule has 27 heavy (non-hydrogen) atoms. The monoisotopic (exact) mass is 374 g/mol. The maximum absolute atomic E-state index is 11.9. The third kappa shape index (κ3) is 4.19. The topological polar surface area (TPSA) is 138 Å². The number of nitrogen functional groups attached to an aromatic ring is 1. The van der Waals surface area contributed by atoms with Crippen LogP contribution in [0, 0.1) is 5.41 Å². The Labute approximate surface area is 157 Å². The highest BCUT2D eigenvalue weighted by molar-refractivity contribution is 6.02. The number of amides is 1. The van der Waals surface area contributed by atoms with Crippen LogP contribution < -0.4 is 16.8 Å². The number of anilines is 1. The molecule has 3 heterocycles. The Hall–Kier alpha value is -2.68. The molecule has 1 fully saturated rings. The molecule has 2 aromatic heterocycles. The van der Waals surface area contributed by atoms with Gasteiger partial charge in [0.15, 0.2) is 5.82 Å². The minimum Gasteiger partial charge on any atom is -0.464 e. The summed E-state index contributed by atoms with van der Waals surface area (Å²) < 4.78 is 7.01. The molecule has 0 spiro atoms. The zero-order valence-electron chi connectivity index (χ0n) is 15.9. The van der Waals surface area contributed by atoms with Gasteiger partial charge in [0.05, 0.1) is 17.7 Å². The van der Waals surface area contributed by atoms with Gasteiger partial charge >= 0.3 is 5.97 Å². The van der Waals surface area contributed by atoms with Crippen LogP contribution in [0.1, 0.15) is 62.1 Å². The molecule has 146 valence electrons. The smallest absolute Gasteiger partial charge is 0.306 e. The number of carbonyl (C=O) groups excluding carboxylic acids is 2. The van der Waals surface area contributed by atoms with E-state index in [2.05, 4.69) is 15.4 Å². The van der Waals surface area contributed by atoms with E-state index in [0.717, 1.165) is 18.5 Å². The first-order valence-electron chi connectivity index (χ1n) is 8.99. The molecule has 1 saturated heterocycles. The summed E-state index contributed by atoms with van der Waals surface area (Å²) in [6, 6.07) is 1.70. The molecule has 2 aromatic rings. The van der Waals surface area contributed by atoms with Gasteiger partial charge in [0, 0.05) is 12.1 Å². The number of nitrogens with zero attached hydrogens (tertiary/aromatic N) is 3. The number of fused-ring (bicyclic) bond motifs is 1. The molecule has 0 aliphatic carbocycles. The van der Waals surface area contributed by atoms with Crippen molar-refractivity contribution in [3.05, 3.63) is 23.7 Å². The zero-order chi connectivity index (χ0) is 19.8. The lowest BCUT2D eigenvalue weighted by Gasteiger charge is -2.18. The first kappa shape index (κ1) is 19.1. The zero-order valence-corrected chi connectivity index (χ0v) is 15.9. The highest BCUT2D eigenvalue weighted by Crippen LogP contribution is 2.31. The summed E-state index contributed by atoms with van der Waals surface area (Å²) >= 11 is 0. The van der Waals surface area contributed by atoms with Crippen LogP contribution in [-0.4, -0.2) is 39.1 Å². The van der Waals surface area contributed by atoms with Crippen molar-refractivity contribution in [3.63, 3.8) is 0 Å². The highest BCUT2D eigenvalue weighted by Gasteiger charge is 2.30. The van der Waals surface area contributed by atoms with E-state index in [1.807, 2.05) is 20.8 Å². The average molecular weight is 374 g/mol. The molecular weight excluding hydrogens is 348 g/mol. The second-order valence-electron chi connectivity index (χ2n) is 8.17. The summed E-state index contributed by atoms with van der Waals surface area (Å²) in [7, 11) is 0. The number of aromatic nitrogens is 3. The largest absolute Gasteiger partial charge is 0.464 e. The van der Waals surface area contributed by atoms with E-state index < -0.39 is 5.91 Å². The standard InChI is InChI=1S/C18H26N6O3/c1-18(2,3)7-14(25)27-8-10-4-5-12(23-10)13-6-11(17(20)26)15-16(19)21-9-22-24(13)15/h6,9-10,12,23H,4-5,7-8H2,1-3H3,(H2,20,26)(H2,19,21,22)/t10-,12+/m0/s1. The van der Waals surface area contributed by atoms with Gasteiger partial charge in [0.1, 0.15) is 18.5 Å². The Bertz CT molecular complexity index is 870. The Morgan fingerprint density at radius 2 is 2.11 bits per heavy atom. The molecular formula is C18H26N6O3. The fourth-order valence-electron chi connectivity index (χ4n) is 3.39. The number of hydrogen-bond acceptors (Lipinski definition) is 7. The van der Waals surface area contributed by atoms with Crippen LogP contribution in [0.5, 0.6) is 0 Å². The molecule has 0 unspecified atom stereocenters. The third-order valence-electron chi connectivity index (χ3n) is 4.59. The lowest BCUT2D eigenvalue weighted by atomic mass is 9.92. The number of hydrogen-bond donors (Lipinski definition) is 3. The van der Waals surface area contributed by atoms with Gasteiger partial charge in [0.25, 0.3) is 5.91 Å². The Morgan fingerprint density at radius 1 is 1.37 bits per heavy atom. The van der Waals surface area contributed by atoms with Gasteiger partial charge in [-0.25, -0.2) is 9.50 Å². The highest BCUT2D eigenvalue weighted by atomic mass is 16.5. The Morgan fingerprint density at radius 3 is 2.78 bits per heavy atom. The van der Waals surface area contributed by atoms with Gasteiger partial charge in [-0.15, -0.1) is 0 Å². The van der Waals surface area contributed by atoms with Crippen LogP contribution in [0.4, 0.5) is 5.82 Å². The Kier molecular flexibility index (Phi) is 5.05. The Balaban J connectivity index is 1.71. The fourth-order valence-corrected chi connectivity index (χ4v) is 3.39. The molecule has 9 heteroatoms. The fraction of sp³-hybridized carbons (Fsp3) is 0.556. The average Bonchev–Trinajstić information content (AvgIpc) is 3.16. The third-order valence-corrected chi connectivity index (χ3v) is 4.59. The second-order valence-corrected chi connectivity index (χ2v) is 8.17. The van der Waals surface area contributed by atoms with Crippen molar-refractivity contribution >= 4 is 23.2 Å². The number of esters is 1. The van der Waals surface area contributed by atoms with Crippen LogP contribution in [0.25, 0.3) is 5.52 Å². The number of carbonyl (C=O) groups is 2. The van der Waals surface area contributed by atoms with Crippen molar-refractivity contribution in [2.45, 2.75) is 52.1 Å². The van der Waals surface area contributed by atoms with Crippen molar-refractivity contribution in [1.29, 1.82) is 0 Å². The molecule has 0 saturated carbocycles. The van der Waals surface area contributed by atoms with Gasteiger partial charge in [0.2, 0.25) is 0 Å². The van der Waals surface area contributed by atoms with Gasteiger partial charge in [-0.1, -0.05) is 20.8 Å². The number of nitrogens with two attached hydrogens (primary N) is 2. The molecule has 0 radical (unpaired) electrons. The number of nitrogens with one attached hydrogen (secondary N) is 1. The predicted octanol–water partition coefficient (Wildman–Crippen LogP) is 1.18. The van der Waals surface area contributed by atoms with Crippen LogP contribution in [-0.2, 0) is 9.53 Å². The van der Waals surface area contributed by atoms with Crippen LogP contribution in [0.15, 0.2) is 12.4 Å². The molecule has 1 aliphatic heterocycles. The van der Waals surface area contributed by atoms with Crippen LogP contribution in [0.3, 0.4) is 0 Å². The molecule has 3 rings (SSSR count).